The van der Waals surface area contributed by atoms with Crippen molar-refractivity contribution in [3.05, 3.63) is 59.2 Å². The maximum absolute atomic E-state index is 13.5. The first kappa shape index (κ1) is 14.8. The Morgan fingerprint density at radius 2 is 2.00 bits per heavy atom. The molecule has 0 spiro atoms. The molecule has 21 heavy (non-hydrogen) atoms. The highest BCUT2D eigenvalue weighted by Gasteiger charge is 2.13. The molecule has 6 heteroatoms. The van der Waals surface area contributed by atoms with E-state index in [-0.39, 0.29) is 17.9 Å². The second-order valence-electron chi connectivity index (χ2n) is 4.31. The van der Waals surface area contributed by atoms with Gasteiger partial charge in [-0.1, -0.05) is 0 Å². The summed E-state index contributed by atoms with van der Waals surface area (Å²) in [6.07, 6.45) is 0. The van der Waals surface area contributed by atoms with Crippen molar-refractivity contribution in [2.45, 2.75) is 6.54 Å². The van der Waals surface area contributed by atoms with Gasteiger partial charge in [-0.2, -0.15) is 0 Å². The molecule has 0 heterocycles. The van der Waals surface area contributed by atoms with E-state index in [9.17, 15) is 18.7 Å². The number of benzene rings is 2. The maximum Gasteiger partial charge on any atom is 0.340 e. The van der Waals surface area contributed by atoms with E-state index in [0.717, 1.165) is 19.2 Å². The van der Waals surface area contributed by atoms with E-state index in [2.05, 4.69) is 10.1 Å². The summed E-state index contributed by atoms with van der Waals surface area (Å²) in [7, 11) is 1.16. The van der Waals surface area contributed by atoms with Crippen LogP contribution in [0.2, 0.25) is 0 Å². The van der Waals surface area contributed by atoms with Gasteiger partial charge >= 0.3 is 5.97 Å². The molecule has 0 radical (unpaired) electrons. The number of phenolic OH excluding ortho intramolecular Hbond substituents is 1. The number of hydrogen-bond acceptors (Lipinski definition) is 4. The number of phenols is 1. The second-order valence-corrected chi connectivity index (χ2v) is 4.31. The van der Waals surface area contributed by atoms with Gasteiger partial charge < -0.3 is 15.2 Å². The summed E-state index contributed by atoms with van der Waals surface area (Å²) in [5, 5.41) is 12.5. The average molecular weight is 293 g/mol. The van der Waals surface area contributed by atoms with Crippen LogP contribution in [0.15, 0.2) is 36.4 Å². The van der Waals surface area contributed by atoms with Crippen molar-refractivity contribution in [1.29, 1.82) is 0 Å². The third-order valence-electron chi connectivity index (χ3n) is 2.90. The van der Waals surface area contributed by atoms with Crippen molar-refractivity contribution in [1.82, 2.24) is 0 Å². The fraction of sp³-hybridized carbons (Fsp3) is 0.133. The molecule has 2 aromatic rings. The zero-order valence-corrected chi connectivity index (χ0v) is 11.2. The zero-order valence-electron chi connectivity index (χ0n) is 11.2. The van der Waals surface area contributed by atoms with Gasteiger partial charge in [-0.05, 0) is 36.4 Å². The molecule has 4 nitrogen and oxygen atoms in total. The molecular formula is C15H13F2NO3. The third kappa shape index (κ3) is 3.47. The number of carbonyl (C=O) groups excluding carboxylic acids is 1. The van der Waals surface area contributed by atoms with E-state index in [1.54, 1.807) is 0 Å². The largest absolute Gasteiger partial charge is 0.508 e. The molecule has 0 unspecified atom stereocenters. The number of rotatable bonds is 4. The van der Waals surface area contributed by atoms with Crippen LogP contribution in [-0.4, -0.2) is 18.2 Å². The standard InChI is InChI=1S/C15H13F2NO3/c1-21-15(20)12-7-11(3-4-13(12)17)18-8-9-6-10(16)2-5-14(9)19/h2-7,18-19H,8H2,1H3. The van der Waals surface area contributed by atoms with Crippen LogP contribution in [0.3, 0.4) is 0 Å². The van der Waals surface area contributed by atoms with Crippen LogP contribution in [0.1, 0.15) is 15.9 Å². The van der Waals surface area contributed by atoms with Crippen LogP contribution in [0.25, 0.3) is 0 Å². The summed E-state index contributed by atoms with van der Waals surface area (Å²) in [4.78, 5) is 11.4. The molecule has 0 aliphatic rings. The summed E-state index contributed by atoms with van der Waals surface area (Å²) in [5.74, 6) is -2.01. The van der Waals surface area contributed by atoms with Gasteiger partial charge in [0.1, 0.15) is 17.4 Å². The summed E-state index contributed by atoms with van der Waals surface area (Å²) in [6, 6.07) is 7.42. The minimum absolute atomic E-state index is 0.0563. The molecule has 0 aromatic heterocycles. The summed E-state index contributed by atoms with van der Waals surface area (Å²) in [6.45, 7) is 0.121. The lowest BCUT2D eigenvalue weighted by molar-refractivity contribution is 0.0595. The van der Waals surface area contributed by atoms with Gasteiger partial charge in [0.15, 0.2) is 0 Å². The Balaban J connectivity index is 2.17. The number of carbonyl (C=O) groups is 1. The van der Waals surface area contributed by atoms with Crippen LogP contribution < -0.4 is 5.32 Å². The van der Waals surface area contributed by atoms with E-state index in [1.807, 2.05) is 0 Å². The van der Waals surface area contributed by atoms with E-state index in [4.69, 9.17) is 0 Å². The third-order valence-corrected chi connectivity index (χ3v) is 2.90. The molecule has 2 aromatic carbocycles. The van der Waals surface area contributed by atoms with Crippen molar-refractivity contribution in [2.24, 2.45) is 0 Å². The predicted molar refractivity (Wildman–Crippen MR) is 73.1 cm³/mol. The molecule has 110 valence electrons. The number of hydrogen-bond donors (Lipinski definition) is 2. The SMILES string of the molecule is COC(=O)c1cc(NCc2cc(F)ccc2O)ccc1F. The molecule has 2 N–H and O–H groups in total. The predicted octanol–water partition coefficient (Wildman–Crippen LogP) is 3.07. The number of nitrogens with one attached hydrogen (secondary N) is 1. The van der Waals surface area contributed by atoms with Crippen LogP contribution in [0.5, 0.6) is 5.75 Å². The average Bonchev–Trinajstić information content (AvgIpc) is 2.48. The first-order valence-corrected chi connectivity index (χ1v) is 6.10. The lowest BCUT2D eigenvalue weighted by Gasteiger charge is -2.10. The quantitative estimate of drug-likeness (QED) is 0.851. The monoisotopic (exact) mass is 293 g/mol. The Labute approximate surface area is 120 Å². The van der Waals surface area contributed by atoms with Gasteiger partial charge in [0, 0.05) is 17.8 Å². The fourth-order valence-corrected chi connectivity index (χ4v) is 1.79. The van der Waals surface area contributed by atoms with E-state index in [1.165, 1.54) is 24.3 Å². The molecule has 2 rings (SSSR count). The van der Waals surface area contributed by atoms with E-state index in [0.29, 0.717) is 11.3 Å². The Morgan fingerprint density at radius 1 is 1.24 bits per heavy atom. The molecule has 0 atom stereocenters. The number of halogens is 2. The van der Waals surface area contributed by atoms with Crippen LogP contribution in [0.4, 0.5) is 14.5 Å². The van der Waals surface area contributed by atoms with Gasteiger partial charge in [-0.15, -0.1) is 0 Å². The molecular weight excluding hydrogens is 280 g/mol. The minimum Gasteiger partial charge on any atom is -0.508 e. The van der Waals surface area contributed by atoms with Gasteiger partial charge in [-0.3, -0.25) is 0 Å². The van der Waals surface area contributed by atoms with Gasteiger partial charge in [0.2, 0.25) is 0 Å². The smallest absolute Gasteiger partial charge is 0.340 e. The van der Waals surface area contributed by atoms with Crippen LogP contribution in [-0.2, 0) is 11.3 Å². The first-order valence-electron chi connectivity index (χ1n) is 6.10. The highest BCUT2D eigenvalue weighted by atomic mass is 19.1. The second kappa shape index (κ2) is 6.21. The number of esters is 1. The topological polar surface area (TPSA) is 58.6 Å². The summed E-state index contributed by atoms with van der Waals surface area (Å²) < 4.78 is 31.0. The first-order chi connectivity index (χ1) is 10.0. The number of methoxy groups -OCH3 is 1. The fourth-order valence-electron chi connectivity index (χ4n) is 1.79. The van der Waals surface area contributed by atoms with Crippen molar-refractivity contribution in [3.63, 3.8) is 0 Å². The van der Waals surface area contributed by atoms with Crippen molar-refractivity contribution in [3.8, 4) is 5.75 Å². The Kier molecular flexibility index (Phi) is 4.37. The number of aromatic hydroxyl groups is 1. The lowest BCUT2D eigenvalue weighted by atomic mass is 10.1. The van der Waals surface area contributed by atoms with Crippen molar-refractivity contribution < 1.29 is 23.4 Å². The molecule has 0 bridgehead atoms. The molecule has 0 saturated heterocycles. The summed E-state index contributed by atoms with van der Waals surface area (Å²) in [5.41, 5.74) is 0.588. The van der Waals surface area contributed by atoms with Gasteiger partial charge in [-0.25, -0.2) is 13.6 Å². The molecule has 0 saturated carbocycles. The summed E-state index contributed by atoms with van der Waals surface area (Å²) >= 11 is 0. The molecule has 0 aliphatic carbocycles. The van der Waals surface area contributed by atoms with Gasteiger partial charge in [0.05, 0.1) is 12.7 Å². The molecule has 0 fully saturated rings. The van der Waals surface area contributed by atoms with Gasteiger partial charge in [0.25, 0.3) is 0 Å². The molecule has 0 amide bonds. The van der Waals surface area contributed by atoms with Crippen molar-refractivity contribution >= 4 is 11.7 Å². The lowest BCUT2D eigenvalue weighted by Crippen LogP contribution is -2.06. The number of ether oxygens (including phenoxy) is 1. The Morgan fingerprint density at radius 3 is 2.71 bits per heavy atom. The van der Waals surface area contributed by atoms with Crippen LogP contribution >= 0.6 is 0 Å². The highest BCUT2D eigenvalue weighted by molar-refractivity contribution is 5.90. The maximum atomic E-state index is 13.5. The highest BCUT2D eigenvalue weighted by Crippen LogP contribution is 2.21. The normalized spacial score (nSPS) is 10.2. The number of anilines is 1. The van der Waals surface area contributed by atoms with Crippen LogP contribution in [0, 0.1) is 11.6 Å². The van der Waals surface area contributed by atoms with Crippen molar-refractivity contribution in [2.75, 3.05) is 12.4 Å². The van der Waals surface area contributed by atoms with E-state index < -0.39 is 17.6 Å². The Hall–Kier alpha value is -2.63. The zero-order chi connectivity index (χ0) is 15.4. The molecule has 0 aliphatic heterocycles. The Bertz CT molecular complexity index is 674. The van der Waals surface area contributed by atoms with E-state index >= 15 is 0 Å². The minimum atomic E-state index is -0.787.